The molecule has 1 rings (SSSR count). The van der Waals surface area contributed by atoms with Crippen LogP contribution in [0.2, 0.25) is 0 Å². The molecular weight excluding hydrogens is 349 g/mol. The van der Waals surface area contributed by atoms with Crippen molar-refractivity contribution in [3.63, 3.8) is 0 Å². The van der Waals surface area contributed by atoms with Gasteiger partial charge in [-0.15, -0.1) is 0 Å². The molecule has 0 aromatic heterocycles. The smallest absolute Gasteiger partial charge is 0.244 e. The van der Waals surface area contributed by atoms with Crippen molar-refractivity contribution in [3.05, 3.63) is 28.5 Å². The predicted molar refractivity (Wildman–Crippen MR) is 79.4 cm³/mol. The summed E-state index contributed by atoms with van der Waals surface area (Å²) in [6.07, 6.45) is 1.29. The van der Waals surface area contributed by atoms with E-state index >= 15 is 0 Å². The first-order valence-corrected chi connectivity index (χ1v) is 8.69. The summed E-state index contributed by atoms with van der Waals surface area (Å²) in [7, 11) is -3.77. The van der Waals surface area contributed by atoms with Crippen LogP contribution in [0.15, 0.2) is 27.6 Å². The van der Waals surface area contributed by atoms with Crippen LogP contribution >= 0.6 is 15.9 Å². The first kappa shape index (κ1) is 17.6. The molecule has 1 N–H and O–H groups in total. The minimum atomic E-state index is -3.77. The highest BCUT2D eigenvalue weighted by Gasteiger charge is 2.30. The van der Waals surface area contributed by atoms with Crippen LogP contribution in [0.5, 0.6) is 0 Å². The van der Waals surface area contributed by atoms with Gasteiger partial charge < -0.3 is 5.11 Å². The average Bonchev–Trinajstić information content (AvgIpc) is 2.38. The van der Waals surface area contributed by atoms with Gasteiger partial charge in [-0.2, -0.15) is 4.31 Å². The SMILES string of the molecule is CCC(CC)N(CCO)S(=O)(=O)c1ccc(F)cc1Br. The van der Waals surface area contributed by atoms with Gasteiger partial charge in [-0.1, -0.05) is 13.8 Å². The molecule has 0 aliphatic rings. The third-order valence-corrected chi connectivity index (χ3v) is 6.08. The molecule has 0 atom stereocenters. The van der Waals surface area contributed by atoms with Crippen molar-refractivity contribution in [1.82, 2.24) is 4.31 Å². The van der Waals surface area contributed by atoms with Gasteiger partial charge in [0.05, 0.1) is 11.5 Å². The second kappa shape index (κ2) is 7.49. The number of aliphatic hydroxyl groups excluding tert-OH is 1. The molecule has 114 valence electrons. The van der Waals surface area contributed by atoms with E-state index in [0.29, 0.717) is 12.8 Å². The third kappa shape index (κ3) is 3.78. The molecule has 0 bridgehead atoms. The van der Waals surface area contributed by atoms with Crippen molar-refractivity contribution in [2.24, 2.45) is 0 Å². The van der Waals surface area contributed by atoms with Crippen LogP contribution in [0, 0.1) is 5.82 Å². The van der Waals surface area contributed by atoms with Crippen molar-refractivity contribution in [2.75, 3.05) is 13.2 Å². The Bertz CT molecular complexity index is 547. The number of rotatable bonds is 7. The van der Waals surface area contributed by atoms with Crippen molar-refractivity contribution >= 4 is 26.0 Å². The van der Waals surface area contributed by atoms with E-state index in [0.717, 1.165) is 12.1 Å². The normalized spacial score (nSPS) is 12.3. The van der Waals surface area contributed by atoms with Gasteiger partial charge >= 0.3 is 0 Å². The van der Waals surface area contributed by atoms with Crippen LogP contribution in [0.25, 0.3) is 0 Å². The zero-order chi connectivity index (χ0) is 15.3. The zero-order valence-corrected chi connectivity index (χ0v) is 13.9. The maximum atomic E-state index is 13.1. The summed E-state index contributed by atoms with van der Waals surface area (Å²) in [4.78, 5) is 0.0132. The van der Waals surface area contributed by atoms with Crippen molar-refractivity contribution in [3.8, 4) is 0 Å². The molecule has 0 saturated carbocycles. The van der Waals surface area contributed by atoms with Gasteiger partial charge in [-0.3, -0.25) is 0 Å². The Kier molecular flexibility index (Phi) is 6.57. The van der Waals surface area contributed by atoms with E-state index in [-0.39, 0.29) is 28.6 Å². The second-order valence-corrected chi connectivity index (χ2v) is 7.10. The lowest BCUT2D eigenvalue weighted by molar-refractivity contribution is 0.219. The molecule has 0 unspecified atom stereocenters. The molecule has 0 amide bonds. The summed E-state index contributed by atoms with van der Waals surface area (Å²) in [5.74, 6) is -0.507. The van der Waals surface area contributed by atoms with E-state index < -0.39 is 15.8 Å². The van der Waals surface area contributed by atoms with Crippen molar-refractivity contribution in [1.29, 1.82) is 0 Å². The summed E-state index contributed by atoms with van der Waals surface area (Å²) in [5.41, 5.74) is 0. The number of hydrogen-bond donors (Lipinski definition) is 1. The van der Waals surface area contributed by atoms with Crippen LogP contribution < -0.4 is 0 Å². The largest absolute Gasteiger partial charge is 0.395 e. The molecule has 0 saturated heterocycles. The summed E-state index contributed by atoms with van der Waals surface area (Å²) in [6, 6.07) is 3.28. The van der Waals surface area contributed by atoms with Gasteiger partial charge in [0.1, 0.15) is 5.82 Å². The summed E-state index contributed by atoms with van der Waals surface area (Å²) >= 11 is 3.09. The van der Waals surface area contributed by atoms with Crippen LogP contribution in [-0.4, -0.2) is 37.0 Å². The fourth-order valence-electron chi connectivity index (χ4n) is 2.10. The molecule has 0 heterocycles. The minimum Gasteiger partial charge on any atom is -0.395 e. The molecule has 20 heavy (non-hydrogen) atoms. The average molecular weight is 368 g/mol. The molecular formula is C13H19BrFNO3S. The minimum absolute atomic E-state index is 0.0132. The number of benzene rings is 1. The maximum Gasteiger partial charge on any atom is 0.244 e. The number of sulfonamides is 1. The van der Waals surface area contributed by atoms with Gasteiger partial charge in [-0.25, -0.2) is 12.8 Å². The van der Waals surface area contributed by atoms with Gasteiger partial charge in [0.2, 0.25) is 10.0 Å². The van der Waals surface area contributed by atoms with E-state index in [1.54, 1.807) is 0 Å². The van der Waals surface area contributed by atoms with Crippen LogP contribution in [0.1, 0.15) is 26.7 Å². The zero-order valence-electron chi connectivity index (χ0n) is 11.5. The van der Waals surface area contributed by atoms with Crippen LogP contribution in [0.3, 0.4) is 0 Å². The standard InChI is InChI=1S/C13H19BrFNO3S/c1-3-11(4-2)16(7-8-17)20(18,19)13-6-5-10(15)9-12(13)14/h5-6,9,11,17H,3-4,7-8H2,1-2H3. The van der Waals surface area contributed by atoms with Gasteiger partial charge in [0, 0.05) is 17.1 Å². The Hall–Kier alpha value is -0.500. The van der Waals surface area contributed by atoms with E-state index in [2.05, 4.69) is 15.9 Å². The third-order valence-electron chi connectivity index (χ3n) is 3.15. The fraction of sp³-hybridized carbons (Fsp3) is 0.538. The molecule has 0 radical (unpaired) electrons. The summed E-state index contributed by atoms with van der Waals surface area (Å²) in [5, 5.41) is 9.12. The first-order chi connectivity index (χ1) is 9.38. The summed E-state index contributed by atoms with van der Waals surface area (Å²) in [6.45, 7) is 3.56. The van der Waals surface area contributed by atoms with E-state index in [1.807, 2.05) is 13.8 Å². The Morgan fingerprint density at radius 3 is 2.40 bits per heavy atom. The monoisotopic (exact) mass is 367 g/mol. The van der Waals surface area contributed by atoms with Gasteiger partial charge in [0.25, 0.3) is 0 Å². The highest BCUT2D eigenvalue weighted by Crippen LogP contribution is 2.28. The quantitative estimate of drug-likeness (QED) is 0.805. The Balaban J connectivity index is 3.28. The predicted octanol–water partition coefficient (Wildman–Crippen LogP) is 2.76. The molecule has 1 aromatic rings. The van der Waals surface area contributed by atoms with Crippen LogP contribution in [0.4, 0.5) is 4.39 Å². The lowest BCUT2D eigenvalue weighted by Crippen LogP contribution is -2.41. The van der Waals surface area contributed by atoms with E-state index in [4.69, 9.17) is 5.11 Å². The highest BCUT2D eigenvalue weighted by molar-refractivity contribution is 9.10. The molecule has 0 aliphatic heterocycles. The maximum absolute atomic E-state index is 13.1. The second-order valence-electron chi connectivity index (χ2n) is 4.38. The van der Waals surface area contributed by atoms with Gasteiger partial charge in [-0.05, 0) is 47.0 Å². The fourth-order valence-corrected chi connectivity index (χ4v) is 4.88. The molecule has 7 heteroatoms. The van der Waals surface area contributed by atoms with Crippen molar-refractivity contribution in [2.45, 2.75) is 37.6 Å². The molecule has 0 aliphatic carbocycles. The number of aliphatic hydroxyl groups is 1. The molecule has 0 spiro atoms. The lowest BCUT2D eigenvalue weighted by atomic mass is 10.2. The molecule has 0 fully saturated rings. The van der Waals surface area contributed by atoms with Gasteiger partial charge in [0.15, 0.2) is 0 Å². The first-order valence-electron chi connectivity index (χ1n) is 6.46. The highest BCUT2D eigenvalue weighted by atomic mass is 79.9. The lowest BCUT2D eigenvalue weighted by Gasteiger charge is -2.29. The topological polar surface area (TPSA) is 57.6 Å². The van der Waals surface area contributed by atoms with Crippen LogP contribution in [-0.2, 0) is 10.0 Å². The van der Waals surface area contributed by atoms with E-state index in [1.165, 1.54) is 10.4 Å². The number of nitrogens with zero attached hydrogens (tertiary/aromatic N) is 1. The number of halogens is 2. The van der Waals surface area contributed by atoms with Crippen molar-refractivity contribution < 1.29 is 17.9 Å². The Labute approximate surface area is 127 Å². The number of hydrogen-bond acceptors (Lipinski definition) is 3. The van der Waals surface area contributed by atoms with E-state index in [9.17, 15) is 12.8 Å². The Morgan fingerprint density at radius 1 is 1.35 bits per heavy atom. The summed E-state index contributed by atoms with van der Waals surface area (Å²) < 4.78 is 39.9. The molecule has 4 nitrogen and oxygen atoms in total. The molecule has 1 aromatic carbocycles. The Morgan fingerprint density at radius 2 is 1.95 bits per heavy atom.